The highest BCUT2D eigenvalue weighted by molar-refractivity contribution is 6.33. The highest BCUT2D eigenvalue weighted by Crippen LogP contribution is 2.27. The third-order valence-electron chi connectivity index (χ3n) is 2.77. The number of amides is 1. The van der Waals surface area contributed by atoms with Crippen LogP contribution in [0.5, 0.6) is 0 Å². The molecule has 0 unspecified atom stereocenters. The Kier molecular flexibility index (Phi) is 5.46. The number of benzene rings is 2. The first-order chi connectivity index (χ1) is 10.6. The SMILES string of the molecule is O=C(COCc1ccccc1)Nc1ccc([N+](=O)[O-])c(Cl)c1. The molecule has 2 rings (SSSR count). The van der Waals surface area contributed by atoms with Crippen LogP contribution >= 0.6 is 11.6 Å². The Morgan fingerprint density at radius 1 is 1.23 bits per heavy atom. The number of nitro groups is 1. The van der Waals surface area contributed by atoms with Crippen LogP contribution in [0.3, 0.4) is 0 Å². The normalized spacial score (nSPS) is 10.2. The van der Waals surface area contributed by atoms with E-state index in [0.29, 0.717) is 12.3 Å². The van der Waals surface area contributed by atoms with Gasteiger partial charge >= 0.3 is 0 Å². The molecule has 1 amide bonds. The van der Waals surface area contributed by atoms with E-state index >= 15 is 0 Å². The molecular weight excluding hydrogens is 308 g/mol. The summed E-state index contributed by atoms with van der Waals surface area (Å²) in [5, 5.41) is 13.2. The van der Waals surface area contributed by atoms with Crippen LogP contribution in [0.2, 0.25) is 5.02 Å². The van der Waals surface area contributed by atoms with Crippen molar-refractivity contribution in [3.63, 3.8) is 0 Å². The minimum Gasteiger partial charge on any atom is -0.367 e. The van der Waals surface area contributed by atoms with Crippen LogP contribution in [-0.4, -0.2) is 17.4 Å². The number of anilines is 1. The number of nitrogens with one attached hydrogen (secondary N) is 1. The molecule has 2 aromatic rings. The standard InChI is InChI=1S/C15H13ClN2O4/c16-13-8-12(6-7-14(13)18(20)21)17-15(19)10-22-9-11-4-2-1-3-5-11/h1-8H,9-10H2,(H,17,19). The molecule has 0 aliphatic heterocycles. The van der Waals surface area contributed by atoms with Crippen molar-refractivity contribution in [2.24, 2.45) is 0 Å². The van der Waals surface area contributed by atoms with Crippen molar-refractivity contribution in [3.05, 3.63) is 69.2 Å². The molecule has 0 fully saturated rings. The summed E-state index contributed by atoms with van der Waals surface area (Å²) < 4.78 is 5.29. The van der Waals surface area contributed by atoms with Gasteiger partial charge in [-0.05, 0) is 17.7 Å². The summed E-state index contributed by atoms with van der Waals surface area (Å²) in [7, 11) is 0. The van der Waals surface area contributed by atoms with E-state index < -0.39 is 4.92 Å². The summed E-state index contributed by atoms with van der Waals surface area (Å²) in [6, 6.07) is 13.4. The molecule has 114 valence electrons. The van der Waals surface area contributed by atoms with Crippen LogP contribution in [0.1, 0.15) is 5.56 Å². The first kappa shape index (κ1) is 15.9. The number of halogens is 1. The van der Waals surface area contributed by atoms with E-state index in [2.05, 4.69) is 5.32 Å². The number of rotatable bonds is 6. The monoisotopic (exact) mass is 320 g/mol. The van der Waals surface area contributed by atoms with Crippen LogP contribution in [0, 0.1) is 10.1 Å². The van der Waals surface area contributed by atoms with Crippen molar-refractivity contribution in [3.8, 4) is 0 Å². The average Bonchev–Trinajstić information content (AvgIpc) is 2.48. The van der Waals surface area contributed by atoms with Gasteiger partial charge in [0.25, 0.3) is 5.69 Å². The van der Waals surface area contributed by atoms with Crippen molar-refractivity contribution in [2.75, 3.05) is 11.9 Å². The quantitative estimate of drug-likeness (QED) is 0.653. The highest BCUT2D eigenvalue weighted by Gasteiger charge is 2.13. The molecular formula is C15H13ClN2O4. The minimum absolute atomic E-state index is 0.0343. The van der Waals surface area contributed by atoms with Gasteiger partial charge in [0.2, 0.25) is 5.91 Å². The lowest BCUT2D eigenvalue weighted by Gasteiger charge is -2.07. The average molecular weight is 321 g/mol. The van der Waals surface area contributed by atoms with Gasteiger partial charge in [0.15, 0.2) is 0 Å². The molecule has 0 aromatic heterocycles. The Morgan fingerprint density at radius 3 is 2.59 bits per heavy atom. The van der Waals surface area contributed by atoms with Gasteiger partial charge in [-0.3, -0.25) is 14.9 Å². The maximum atomic E-state index is 11.7. The third-order valence-corrected chi connectivity index (χ3v) is 3.08. The molecule has 0 saturated heterocycles. The molecule has 0 saturated carbocycles. The molecule has 22 heavy (non-hydrogen) atoms. The van der Waals surface area contributed by atoms with Crippen molar-refractivity contribution < 1.29 is 14.5 Å². The number of hydrogen-bond acceptors (Lipinski definition) is 4. The van der Waals surface area contributed by atoms with Gasteiger partial charge in [-0.25, -0.2) is 0 Å². The second-order valence-corrected chi connectivity index (χ2v) is 4.86. The number of hydrogen-bond donors (Lipinski definition) is 1. The van der Waals surface area contributed by atoms with E-state index in [9.17, 15) is 14.9 Å². The maximum Gasteiger partial charge on any atom is 0.288 e. The Labute approximate surface area is 131 Å². The molecule has 0 aliphatic rings. The molecule has 0 radical (unpaired) electrons. The summed E-state index contributed by atoms with van der Waals surface area (Å²) in [5.74, 6) is -0.360. The number of carbonyl (C=O) groups is 1. The molecule has 0 aliphatic carbocycles. The zero-order chi connectivity index (χ0) is 15.9. The zero-order valence-electron chi connectivity index (χ0n) is 11.5. The molecule has 0 heterocycles. The maximum absolute atomic E-state index is 11.7. The van der Waals surface area contributed by atoms with E-state index in [1.807, 2.05) is 30.3 Å². The second kappa shape index (κ2) is 7.53. The first-order valence-electron chi connectivity index (χ1n) is 6.42. The largest absolute Gasteiger partial charge is 0.367 e. The Morgan fingerprint density at radius 2 is 1.95 bits per heavy atom. The van der Waals surface area contributed by atoms with Crippen LogP contribution in [-0.2, 0) is 16.1 Å². The molecule has 0 bridgehead atoms. The Balaban J connectivity index is 1.84. The molecule has 0 spiro atoms. The molecule has 2 aromatic carbocycles. The molecule has 6 nitrogen and oxygen atoms in total. The minimum atomic E-state index is -0.586. The Bertz CT molecular complexity index is 676. The Hall–Kier alpha value is -2.44. The molecule has 1 N–H and O–H groups in total. The van der Waals surface area contributed by atoms with Gasteiger partial charge in [0.05, 0.1) is 11.5 Å². The summed E-state index contributed by atoms with van der Waals surface area (Å²) in [6.07, 6.45) is 0. The van der Waals surface area contributed by atoms with Crippen molar-refractivity contribution in [2.45, 2.75) is 6.61 Å². The summed E-state index contributed by atoms with van der Waals surface area (Å²) in [4.78, 5) is 21.8. The lowest BCUT2D eigenvalue weighted by molar-refractivity contribution is -0.384. The second-order valence-electron chi connectivity index (χ2n) is 4.45. The predicted molar refractivity (Wildman–Crippen MR) is 82.8 cm³/mol. The topological polar surface area (TPSA) is 81.5 Å². The van der Waals surface area contributed by atoms with E-state index in [1.54, 1.807) is 0 Å². The number of nitrogens with zero attached hydrogens (tertiary/aromatic N) is 1. The van der Waals surface area contributed by atoms with Crippen LogP contribution in [0.15, 0.2) is 48.5 Å². The fourth-order valence-corrected chi connectivity index (χ4v) is 2.02. The number of carbonyl (C=O) groups excluding carboxylic acids is 1. The van der Waals surface area contributed by atoms with Crippen molar-refractivity contribution in [1.82, 2.24) is 0 Å². The van der Waals surface area contributed by atoms with Crippen molar-refractivity contribution in [1.29, 1.82) is 0 Å². The van der Waals surface area contributed by atoms with Crippen LogP contribution in [0.4, 0.5) is 11.4 Å². The fraction of sp³-hybridized carbons (Fsp3) is 0.133. The van der Waals surface area contributed by atoms with Gasteiger partial charge in [0, 0.05) is 11.8 Å². The van der Waals surface area contributed by atoms with Crippen LogP contribution < -0.4 is 5.32 Å². The zero-order valence-corrected chi connectivity index (χ0v) is 12.2. The highest BCUT2D eigenvalue weighted by atomic mass is 35.5. The summed E-state index contributed by atoms with van der Waals surface area (Å²) >= 11 is 5.77. The lowest BCUT2D eigenvalue weighted by Crippen LogP contribution is -2.18. The summed E-state index contributed by atoms with van der Waals surface area (Å²) in [5.41, 5.74) is 1.14. The van der Waals surface area contributed by atoms with Gasteiger partial charge in [-0.2, -0.15) is 0 Å². The number of nitro benzene ring substituents is 1. The van der Waals surface area contributed by atoms with Gasteiger partial charge in [0.1, 0.15) is 11.6 Å². The molecule has 7 heteroatoms. The first-order valence-corrected chi connectivity index (χ1v) is 6.79. The third kappa shape index (κ3) is 4.54. The van der Waals surface area contributed by atoms with E-state index in [1.165, 1.54) is 18.2 Å². The van der Waals surface area contributed by atoms with E-state index in [4.69, 9.17) is 16.3 Å². The van der Waals surface area contributed by atoms with Crippen molar-refractivity contribution >= 4 is 28.9 Å². The fourth-order valence-electron chi connectivity index (χ4n) is 1.77. The van der Waals surface area contributed by atoms with E-state index in [-0.39, 0.29) is 23.2 Å². The van der Waals surface area contributed by atoms with Gasteiger partial charge in [-0.1, -0.05) is 41.9 Å². The molecule has 0 atom stereocenters. The predicted octanol–water partition coefficient (Wildman–Crippen LogP) is 3.40. The van der Waals surface area contributed by atoms with E-state index in [0.717, 1.165) is 5.56 Å². The van der Waals surface area contributed by atoms with Gasteiger partial charge < -0.3 is 10.1 Å². The van der Waals surface area contributed by atoms with Crippen LogP contribution in [0.25, 0.3) is 0 Å². The number of ether oxygens (including phenoxy) is 1. The smallest absolute Gasteiger partial charge is 0.288 e. The summed E-state index contributed by atoms with van der Waals surface area (Å²) in [6.45, 7) is 0.207. The lowest BCUT2D eigenvalue weighted by atomic mass is 10.2. The van der Waals surface area contributed by atoms with Gasteiger partial charge in [-0.15, -0.1) is 0 Å².